The molecular formula is C22H25ClN4O4S. The number of ether oxygens (including phenoxy) is 1. The van der Waals surface area contributed by atoms with Crippen molar-refractivity contribution in [2.75, 3.05) is 6.61 Å². The van der Waals surface area contributed by atoms with Crippen LogP contribution in [0.3, 0.4) is 0 Å². The van der Waals surface area contributed by atoms with Crippen molar-refractivity contribution >= 4 is 38.8 Å². The second-order valence-electron chi connectivity index (χ2n) is 7.88. The number of aromatic nitrogens is 2. The Hall–Kier alpha value is -2.62. The van der Waals surface area contributed by atoms with Gasteiger partial charge in [-0.2, -0.15) is 4.31 Å². The Balaban J connectivity index is 1.39. The Labute approximate surface area is 192 Å². The van der Waals surface area contributed by atoms with Crippen molar-refractivity contribution in [2.45, 2.75) is 49.7 Å². The summed E-state index contributed by atoms with van der Waals surface area (Å²) in [5.74, 6) is 0.612. The molecule has 0 saturated carbocycles. The lowest BCUT2D eigenvalue weighted by molar-refractivity contribution is 0.0889. The number of amides is 1. The summed E-state index contributed by atoms with van der Waals surface area (Å²) in [6.07, 6.45) is 1.62. The number of sulfonamides is 1. The van der Waals surface area contributed by atoms with Crippen molar-refractivity contribution in [1.29, 1.82) is 0 Å². The molecule has 1 aliphatic heterocycles. The first-order chi connectivity index (χ1) is 15.3. The van der Waals surface area contributed by atoms with E-state index in [-0.39, 0.29) is 24.1 Å². The lowest BCUT2D eigenvalue weighted by Crippen LogP contribution is -2.51. The fourth-order valence-electron chi connectivity index (χ4n) is 4.05. The lowest BCUT2D eigenvalue weighted by Gasteiger charge is -2.39. The molecule has 1 fully saturated rings. The summed E-state index contributed by atoms with van der Waals surface area (Å²) in [4.78, 5) is 20.0. The van der Waals surface area contributed by atoms with E-state index in [2.05, 4.69) is 15.3 Å². The lowest BCUT2D eigenvalue weighted by atomic mass is 10.0. The first-order valence-corrected chi connectivity index (χ1v) is 12.3. The van der Waals surface area contributed by atoms with Crippen molar-refractivity contribution in [2.24, 2.45) is 0 Å². The number of para-hydroxylation sites is 2. The van der Waals surface area contributed by atoms with E-state index in [1.165, 1.54) is 16.4 Å². The van der Waals surface area contributed by atoms with Gasteiger partial charge in [0.25, 0.3) is 0 Å². The Morgan fingerprint density at radius 3 is 2.72 bits per heavy atom. The molecule has 1 aromatic heterocycles. The number of nitrogens with one attached hydrogen (secondary N) is 2. The molecule has 2 atom stereocenters. The third-order valence-corrected chi connectivity index (χ3v) is 7.92. The standard InChI is InChI=1S/C22H25ClN4O4S/c1-15-5-4-6-17(27(15)32(29,30)18-11-9-16(23)10-12-18)14-31-22(28)24-13-21-25-19-7-2-3-8-20(19)26-21/h2-3,7-12,15,17H,4-6,13-14H2,1H3,(H,24,28)(H,25,26)/t15-,17-/m1/s1. The maximum absolute atomic E-state index is 13.3. The molecule has 1 aliphatic rings. The van der Waals surface area contributed by atoms with Crippen LogP contribution in [0.2, 0.25) is 5.02 Å². The summed E-state index contributed by atoms with van der Waals surface area (Å²) in [6, 6.07) is 13.1. The number of halogens is 1. The van der Waals surface area contributed by atoms with Crippen LogP contribution in [0.1, 0.15) is 32.0 Å². The van der Waals surface area contributed by atoms with Gasteiger partial charge in [-0.3, -0.25) is 0 Å². The minimum absolute atomic E-state index is 0.0247. The highest BCUT2D eigenvalue weighted by atomic mass is 35.5. The van der Waals surface area contributed by atoms with Crippen LogP contribution in [0.5, 0.6) is 0 Å². The number of aromatic amines is 1. The molecule has 0 unspecified atom stereocenters. The number of imidazole rings is 1. The van der Waals surface area contributed by atoms with Crippen molar-refractivity contribution in [1.82, 2.24) is 19.6 Å². The molecule has 2 heterocycles. The quantitative estimate of drug-likeness (QED) is 0.558. The smallest absolute Gasteiger partial charge is 0.407 e. The van der Waals surface area contributed by atoms with E-state index in [9.17, 15) is 13.2 Å². The summed E-state index contributed by atoms with van der Waals surface area (Å²) < 4.78 is 33.4. The van der Waals surface area contributed by atoms with E-state index in [0.29, 0.717) is 17.3 Å². The van der Waals surface area contributed by atoms with Gasteiger partial charge in [-0.25, -0.2) is 18.2 Å². The number of piperidine rings is 1. The monoisotopic (exact) mass is 476 g/mol. The van der Waals surface area contributed by atoms with Crippen molar-refractivity contribution < 1.29 is 17.9 Å². The predicted octanol–water partition coefficient (Wildman–Crippen LogP) is 4.07. The largest absolute Gasteiger partial charge is 0.448 e. The van der Waals surface area contributed by atoms with Crippen LogP contribution in [0.25, 0.3) is 11.0 Å². The number of benzene rings is 2. The van der Waals surface area contributed by atoms with E-state index in [0.717, 1.165) is 23.9 Å². The van der Waals surface area contributed by atoms with Crippen LogP contribution in [-0.4, -0.2) is 47.5 Å². The fourth-order valence-corrected chi connectivity index (χ4v) is 6.04. The summed E-state index contributed by atoms with van der Waals surface area (Å²) in [5, 5.41) is 3.13. The van der Waals surface area contributed by atoms with Gasteiger partial charge in [-0.1, -0.05) is 30.2 Å². The molecule has 0 spiro atoms. The molecule has 8 nitrogen and oxygen atoms in total. The third-order valence-electron chi connectivity index (χ3n) is 5.59. The number of alkyl carbamates (subject to hydrolysis) is 1. The number of hydrogen-bond donors (Lipinski definition) is 2. The molecule has 0 bridgehead atoms. The Bertz CT molecular complexity index is 1160. The molecule has 32 heavy (non-hydrogen) atoms. The normalized spacial score (nSPS) is 19.7. The molecule has 4 rings (SSSR count). The van der Waals surface area contributed by atoms with Crippen LogP contribution in [0.4, 0.5) is 4.79 Å². The van der Waals surface area contributed by atoms with E-state index in [1.54, 1.807) is 12.1 Å². The van der Waals surface area contributed by atoms with Crippen molar-refractivity contribution in [3.8, 4) is 0 Å². The second kappa shape index (κ2) is 9.48. The first-order valence-electron chi connectivity index (χ1n) is 10.5. The van der Waals surface area contributed by atoms with E-state index in [1.807, 2.05) is 31.2 Å². The van der Waals surface area contributed by atoms with Gasteiger partial charge in [-0.05, 0) is 56.2 Å². The highest BCUT2D eigenvalue weighted by Gasteiger charge is 2.38. The molecule has 10 heteroatoms. The molecule has 2 aromatic carbocycles. The zero-order valence-electron chi connectivity index (χ0n) is 17.6. The molecule has 2 N–H and O–H groups in total. The molecule has 3 aromatic rings. The summed E-state index contributed by atoms with van der Waals surface area (Å²) in [7, 11) is -3.75. The summed E-state index contributed by atoms with van der Waals surface area (Å²) in [6.45, 7) is 2.03. The number of nitrogens with zero attached hydrogens (tertiary/aromatic N) is 2. The predicted molar refractivity (Wildman–Crippen MR) is 122 cm³/mol. The van der Waals surface area contributed by atoms with Crippen LogP contribution in [0, 0.1) is 0 Å². The van der Waals surface area contributed by atoms with E-state index < -0.39 is 22.2 Å². The van der Waals surface area contributed by atoms with Gasteiger partial charge in [0.05, 0.1) is 28.5 Å². The number of carbonyl (C=O) groups excluding carboxylic acids is 1. The Kier molecular flexibility index (Phi) is 6.68. The van der Waals surface area contributed by atoms with Gasteiger partial charge in [0.15, 0.2) is 0 Å². The first kappa shape index (κ1) is 22.6. The molecule has 0 radical (unpaired) electrons. The topological polar surface area (TPSA) is 104 Å². The van der Waals surface area contributed by atoms with Gasteiger partial charge in [0.1, 0.15) is 12.4 Å². The van der Waals surface area contributed by atoms with Crippen molar-refractivity contribution in [3.63, 3.8) is 0 Å². The molecule has 170 valence electrons. The highest BCUT2D eigenvalue weighted by molar-refractivity contribution is 7.89. The van der Waals surface area contributed by atoms with Gasteiger partial charge in [-0.15, -0.1) is 0 Å². The molecular weight excluding hydrogens is 452 g/mol. The number of fused-ring (bicyclic) bond motifs is 1. The molecule has 0 aliphatic carbocycles. The zero-order valence-corrected chi connectivity index (χ0v) is 19.2. The Morgan fingerprint density at radius 1 is 1.22 bits per heavy atom. The number of hydrogen-bond acceptors (Lipinski definition) is 5. The summed E-state index contributed by atoms with van der Waals surface area (Å²) in [5.41, 5.74) is 1.70. The van der Waals surface area contributed by atoms with Crippen LogP contribution < -0.4 is 5.32 Å². The average molecular weight is 477 g/mol. The Morgan fingerprint density at radius 2 is 1.97 bits per heavy atom. The SMILES string of the molecule is C[C@@H]1CCC[C@H](COC(=O)NCc2nc3ccccc3[nH]2)N1S(=O)(=O)c1ccc(Cl)cc1. The summed E-state index contributed by atoms with van der Waals surface area (Å²) >= 11 is 5.91. The highest BCUT2D eigenvalue weighted by Crippen LogP contribution is 2.30. The number of H-pyrrole nitrogens is 1. The van der Waals surface area contributed by atoms with Crippen LogP contribution in [0.15, 0.2) is 53.4 Å². The number of carbonyl (C=O) groups is 1. The van der Waals surface area contributed by atoms with E-state index in [4.69, 9.17) is 16.3 Å². The molecule has 1 saturated heterocycles. The third kappa shape index (κ3) is 4.90. The maximum atomic E-state index is 13.3. The van der Waals surface area contributed by atoms with Crippen LogP contribution in [-0.2, 0) is 21.3 Å². The minimum Gasteiger partial charge on any atom is -0.448 e. The van der Waals surface area contributed by atoms with Crippen molar-refractivity contribution in [3.05, 3.63) is 59.4 Å². The van der Waals surface area contributed by atoms with E-state index >= 15 is 0 Å². The average Bonchev–Trinajstić information content (AvgIpc) is 3.19. The molecule has 1 amide bonds. The van der Waals surface area contributed by atoms with Gasteiger partial charge < -0.3 is 15.0 Å². The fraction of sp³-hybridized carbons (Fsp3) is 0.364. The maximum Gasteiger partial charge on any atom is 0.407 e. The van der Waals surface area contributed by atoms with Gasteiger partial charge in [0.2, 0.25) is 10.0 Å². The van der Waals surface area contributed by atoms with Crippen LogP contribution >= 0.6 is 11.6 Å². The van der Waals surface area contributed by atoms with Gasteiger partial charge >= 0.3 is 6.09 Å². The minimum atomic E-state index is -3.75. The number of rotatable bonds is 6. The zero-order chi connectivity index (χ0) is 22.7. The second-order valence-corrected chi connectivity index (χ2v) is 10.2. The van der Waals surface area contributed by atoms with Gasteiger partial charge in [0, 0.05) is 11.1 Å².